The lowest BCUT2D eigenvalue weighted by Crippen LogP contribution is -2.36. The van der Waals surface area contributed by atoms with Gasteiger partial charge in [0.2, 0.25) is 0 Å². The Morgan fingerprint density at radius 1 is 1.00 bits per heavy atom. The largest absolute Gasteiger partial charge is 0.497 e. The van der Waals surface area contributed by atoms with E-state index in [4.69, 9.17) is 4.74 Å². The summed E-state index contributed by atoms with van der Waals surface area (Å²) < 4.78 is 6.99. The highest BCUT2D eigenvalue weighted by atomic mass is 16.5. The van der Waals surface area contributed by atoms with E-state index in [0.29, 0.717) is 29.9 Å². The molecular formula is C25H25N5O3. The topological polar surface area (TPSA) is 101 Å². The van der Waals surface area contributed by atoms with Crippen molar-refractivity contribution >= 4 is 23.0 Å². The number of allylic oxidation sites excluding steroid dienone is 2. The summed E-state index contributed by atoms with van der Waals surface area (Å²) in [5.74, 6) is 1.29. The molecule has 1 aromatic heterocycles. The number of rotatable bonds is 4. The van der Waals surface area contributed by atoms with E-state index >= 15 is 0 Å². The fourth-order valence-corrected chi connectivity index (χ4v) is 4.59. The Bertz CT molecular complexity index is 1330. The Balaban J connectivity index is 1.66. The molecule has 0 bridgehead atoms. The van der Waals surface area contributed by atoms with Crippen LogP contribution in [0.4, 0.5) is 17.2 Å². The fraction of sp³-hybridized carbons (Fsp3) is 0.280. The number of anilines is 1. The van der Waals surface area contributed by atoms with Gasteiger partial charge in [0.25, 0.3) is 5.56 Å². The van der Waals surface area contributed by atoms with Crippen molar-refractivity contribution in [1.29, 1.82) is 0 Å². The van der Waals surface area contributed by atoms with E-state index in [1.54, 1.807) is 11.8 Å². The van der Waals surface area contributed by atoms with Crippen LogP contribution in [0.2, 0.25) is 0 Å². The van der Waals surface area contributed by atoms with E-state index in [0.717, 1.165) is 17.0 Å². The van der Waals surface area contributed by atoms with Crippen LogP contribution in [0.15, 0.2) is 80.9 Å². The molecule has 2 N–H and O–H groups in total. The van der Waals surface area contributed by atoms with Gasteiger partial charge in [-0.05, 0) is 41.7 Å². The molecule has 8 nitrogen and oxygen atoms in total. The summed E-state index contributed by atoms with van der Waals surface area (Å²) in [5, 5.41) is 14.7. The lowest BCUT2D eigenvalue weighted by Gasteiger charge is -2.39. The Morgan fingerprint density at radius 2 is 1.73 bits per heavy atom. The highest BCUT2D eigenvalue weighted by Gasteiger charge is 2.42. The van der Waals surface area contributed by atoms with Crippen molar-refractivity contribution in [2.45, 2.75) is 32.7 Å². The molecule has 2 aliphatic rings. The molecule has 0 saturated heterocycles. The maximum atomic E-state index is 13.3. The number of aromatic amines is 1. The standard InChI is InChI=1S/C25H25N5O3/c1-25(2)13-18-20(19(31)14-25)22(15-9-11-17(33-3)12-10-15)30-23(26-18)21(24(32)29-30)28-27-16-7-5-4-6-8-16/h4-12,22,26H,13-14H2,1-3H3,(H,29,32). The minimum absolute atomic E-state index is 0.0715. The SMILES string of the molecule is COc1ccc(C2C3=C(CC(C)(C)CC3=O)Nc3c(N=Nc4ccccc4)c(=O)[nH]n32)cc1. The predicted octanol–water partition coefficient (Wildman–Crippen LogP) is 5.26. The second-order valence-corrected chi connectivity index (χ2v) is 9.18. The molecule has 2 heterocycles. The molecule has 5 rings (SSSR count). The van der Waals surface area contributed by atoms with Gasteiger partial charge in [-0.1, -0.05) is 44.2 Å². The van der Waals surface area contributed by atoms with Gasteiger partial charge in [-0.15, -0.1) is 5.11 Å². The Morgan fingerprint density at radius 3 is 2.42 bits per heavy atom. The summed E-state index contributed by atoms with van der Waals surface area (Å²) in [7, 11) is 1.61. The van der Waals surface area contributed by atoms with Gasteiger partial charge in [0.15, 0.2) is 17.3 Å². The van der Waals surface area contributed by atoms with Gasteiger partial charge in [-0.3, -0.25) is 19.4 Å². The van der Waals surface area contributed by atoms with Gasteiger partial charge < -0.3 is 10.1 Å². The minimum Gasteiger partial charge on any atom is -0.497 e. The number of benzene rings is 2. The first kappa shape index (κ1) is 20.9. The van der Waals surface area contributed by atoms with Crippen LogP contribution in [0, 0.1) is 5.41 Å². The number of methoxy groups -OCH3 is 1. The summed E-state index contributed by atoms with van der Waals surface area (Å²) in [6.45, 7) is 4.15. The lowest BCUT2D eigenvalue weighted by atomic mass is 9.73. The first-order valence-electron chi connectivity index (χ1n) is 10.8. The summed E-state index contributed by atoms with van der Waals surface area (Å²) >= 11 is 0. The van der Waals surface area contributed by atoms with Gasteiger partial charge in [-0.2, -0.15) is 5.11 Å². The van der Waals surface area contributed by atoms with Gasteiger partial charge >= 0.3 is 0 Å². The van der Waals surface area contributed by atoms with E-state index in [1.807, 2.05) is 54.6 Å². The highest BCUT2D eigenvalue weighted by molar-refractivity contribution is 6.00. The molecule has 0 radical (unpaired) electrons. The van der Waals surface area contributed by atoms with E-state index in [1.165, 1.54) is 0 Å². The number of Topliss-reactive ketones (excluding diaryl/α,β-unsaturated/α-hetero) is 1. The van der Waals surface area contributed by atoms with Gasteiger partial charge in [0.1, 0.15) is 11.8 Å². The van der Waals surface area contributed by atoms with Crippen LogP contribution in [-0.2, 0) is 4.79 Å². The molecule has 2 aromatic carbocycles. The average molecular weight is 444 g/mol. The molecule has 0 amide bonds. The van der Waals surface area contributed by atoms with Crippen LogP contribution in [0.5, 0.6) is 5.75 Å². The molecular weight excluding hydrogens is 418 g/mol. The highest BCUT2D eigenvalue weighted by Crippen LogP contribution is 2.47. The number of nitrogens with zero attached hydrogens (tertiary/aromatic N) is 3. The smallest absolute Gasteiger partial charge is 0.294 e. The van der Waals surface area contributed by atoms with Crippen molar-refractivity contribution in [1.82, 2.24) is 9.78 Å². The number of hydrogen-bond acceptors (Lipinski definition) is 6. The van der Waals surface area contributed by atoms with Crippen LogP contribution < -0.4 is 15.6 Å². The normalized spacial score (nSPS) is 19.2. The second-order valence-electron chi connectivity index (χ2n) is 9.18. The molecule has 1 atom stereocenters. The number of ether oxygens (including phenoxy) is 1. The van der Waals surface area contributed by atoms with Gasteiger partial charge in [0, 0.05) is 17.7 Å². The molecule has 0 saturated carbocycles. The first-order chi connectivity index (χ1) is 15.9. The third-order valence-corrected chi connectivity index (χ3v) is 6.08. The number of aromatic nitrogens is 2. The average Bonchev–Trinajstić information content (AvgIpc) is 3.10. The Labute approximate surface area is 191 Å². The maximum absolute atomic E-state index is 13.3. The maximum Gasteiger partial charge on any atom is 0.294 e. The minimum atomic E-state index is -0.473. The van der Waals surface area contributed by atoms with Gasteiger partial charge in [0.05, 0.1) is 12.8 Å². The van der Waals surface area contributed by atoms with Crippen LogP contribution in [0.1, 0.15) is 38.3 Å². The third-order valence-electron chi connectivity index (χ3n) is 6.08. The van der Waals surface area contributed by atoms with E-state index < -0.39 is 6.04 Å². The number of azo groups is 1. The van der Waals surface area contributed by atoms with Crippen molar-refractivity contribution in [2.75, 3.05) is 12.4 Å². The molecule has 168 valence electrons. The molecule has 1 aliphatic carbocycles. The van der Waals surface area contributed by atoms with Crippen LogP contribution >= 0.6 is 0 Å². The molecule has 33 heavy (non-hydrogen) atoms. The number of fused-ring (bicyclic) bond motifs is 1. The Kier molecular flexibility index (Phi) is 5.00. The van der Waals surface area contributed by atoms with Crippen molar-refractivity contribution < 1.29 is 9.53 Å². The zero-order valence-electron chi connectivity index (χ0n) is 18.8. The quantitative estimate of drug-likeness (QED) is 0.537. The molecule has 3 aromatic rings. The summed E-state index contributed by atoms with van der Waals surface area (Å²) in [4.78, 5) is 26.2. The number of nitrogens with one attached hydrogen (secondary N) is 2. The van der Waals surface area contributed by atoms with E-state index in [9.17, 15) is 9.59 Å². The monoisotopic (exact) mass is 443 g/mol. The fourth-order valence-electron chi connectivity index (χ4n) is 4.59. The molecule has 0 fully saturated rings. The number of ketones is 1. The number of carbonyl (C=O) groups is 1. The van der Waals surface area contributed by atoms with Crippen LogP contribution in [0.3, 0.4) is 0 Å². The van der Waals surface area contributed by atoms with Crippen molar-refractivity contribution in [3.63, 3.8) is 0 Å². The molecule has 0 spiro atoms. The third kappa shape index (κ3) is 3.77. The zero-order chi connectivity index (χ0) is 23.2. The predicted molar refractivity (Wildman–Crippen MR) is 125 cm³/mol. The van der Waals surface area contributed by atoms with Crippen molar-refractivity contribution in [3.05, 3.63) is 81.8 Å². The van der Waals surface area contributed by atoms with Crippen molar-refractivity contribution in [2.24, 2.45) is 15.6 Å². The number of carbonyl (C=O) groups excluding carboxylic acids is 1. The van der Waals surface area contributed by atoms with Gasteiger partial charge in [-0.25, -0.2) is 0 Å². The summed E-state index contributed by atoms with van der Waals surface area (Å²) in [5.41, 5.74) is 2.64. The van der Waals surface area contributed by atoms with Crippen LogP contribution in [-0.4, -0.2) is 22.7 Å². The zero-order valence-corrected chi connectivity index (χ0v) is 18.8. The number of hydrogen-bond donors (Lipinski definition) is 2. The molecule has 1 unspecified atom stereocenters. The Hall–Kier alpha value is -3.94. The van der Waals surface area contributed by atoms with Crippen molar-refractivity contribution in [3.8, 4) is 5.75 Å². The molecule has 1 aliphatic heterocycles. The van der Waals surface area contributed by atoms with Crippen LogP contribution in [0.25, 0.3) is 0 Å². The second kappa shape index (κ2) is 7.88. The van der Waals surface area contributed by atoms with E-state index in [2.05, 4.69) is 34.5 Å². The van der Waals surface area contributed by atoms with E-state index in [-0.39, 0.29) is 22.4 Å². The summed E-state index contributed by atoms with van der Waals surface area (Å²) in [6.07, 6.45) is 1.14. The number of H-pyrrole nitrogens is 1. The molecule has 8 heteroatoms. The lowest BCUT2D eigenvalue weighted by molar-refractivity contribution is -0.118. The first-order valence-corrected chi connectivity index (χ1v) is 10.8. The summed E-state index contributed by atoms with van der Waals surface area (Å²) in [6, 6.07) is 16.3.